The molecule has 1 nitrogen and oxygen atoms in total. The van der Waals surface area contributed by atoms with Gasteiger partial charge < -0.3 is 5.73 Å². The molecule has 1 aromatic rings. The Bertz CT molecular complexity index is 372. The summed E-state index contributed by atoms with van der Waals surface area (Å²) in [6.45, 7) is 1.88. The van der Waals surface area contributed by atoms with Crippen LogP contribution in [0.1, 0.15) is 50.6 Å². The lowest BCUT2D eigenvalue weighted by Gasteiger charge is -2.21. The Morgan fingerprint density at radius 3 is 2.59 bits per heavy atom. The molecule has 1 aromatic carbocycles. The average molecular weight is 253 g/mol. The smallest absolute Gasteiger partial charge is 0.137 e. The van der Waals surface area contributed by atoms with E-state index in [-0.39, 0.29) is 11.9 Å². The highest BCUT2D eigenvalue weighted by Gasteiger charge is 2.16. The Morgan fingerprint density at radius 2 is 2.00 bits per heavy atom. The molecule has 0 aromatic heterocycles. The van der Waals surface area contributed by atoms with Crippen LogP contribution in [0.4, 0.5) is 4.39 Å². The second-order valence-electron chi connectivity index (χ2n) is 4.86. The summed E-state index contributed by atoms with van der Waals surface area (Å²) >= 11 is 1.70. The first-order valence-electron chi connectivity index (χ1n) is 6.38. The SMILES string of the molecule is CC(N)c1ccc(SC2CCCCC2)c(F)c1. The van der Waals surface area contributed by atoms with E-state index in [0.29, 0.717) is 5.25 Å². The number of benzene rings is 1. The van der Waals surface area contributed by atoms with Crippen molar-refractivity contribution in [3.8, 4) is 0 Å². The molecule has 1 fully saturated rings. The van der Waals surface area contributed by atoms with Crippen molar-refractivity contribution < 1.29 is 4.39 Å². The van der Waals surface area contributed by atoms with Gasteiger partial charge in [0.2, 0.25) is 0 Å². The molecule has 0 amide bonds. The van der Waals surface area contributed by atoms with Crippen molar-refractivity contribution in [1.82, 2.24) is 0 Å². The molecule has 2 N–H and O–H groups in total. The molecule has 1 unspecified atom stereocenters. The van der Waals surface area contributed by atoms with Crippen LogP contribution in [0.3, 0.4) is 0 Å². The molecule has 0 spiro atoms. The molecule has 1 saturated carbocycles. The van der Waals surface area contributed by atoms with Crippen LogP contribution in [0.2, 0.25) is 0 Å². The van der Waals surface area contributed by atoms with E-state index in [1.54, 1.807) is 17.8 Å². The van der Waals surface area contributed by atoms with Crippen LogP contribution in [0.5, 0.6) is 0 Å². The molecule has 1 atom stereocenters. The normalized spacial score (nSPS) is 19.2. The molecule has 1 aliphatic rings. The number of thioether (sulfide) groups is 1. The molecule has 0 heterocycles. The number of halogens is 1. The lowest BCUT2D eigenvalue weighted by Crippen LogP contribution is -2.09. The van der Waals surface area contributed by atoms with Gasteiger partial charge in [-0.15, -0.1) is 11.8 Å². The number of rotatable bonds is 3. The molecule has 0 aliphatic heterocycles. The zero-order chi connectivity index (χ0) is 12.3. The van der Waals surface area contributed by atoms with E-state index in [1.807, 2.05) is 19.1 Å². The van der Waals surface area contributed by atoms with E-state index in [9.17, 15) is 4.39 Å². The minimum atomic E-state index is -0.115. The van der Waals surface area contributed by atoms with Crippen LogP contribution in [-0.4, -0.2) is 5.25 Å². The maximum atomic E-state index is 13.9. The van der Waals surface area contributed by atoms with E-state index < -0.39 is 0 Å². The van der Waals surface area contributed by atoms with E-state index in [4.69, 9.17) is 5.73 Å². The Morgan fingerprint density at radius 1 is 1.29 bits per heavy atom. The second-order valence-corrected chi connectivity index (χ2v) is 6.20. The zero-order valence-electron chi connectivity index (χ0n) is 10.3. The minimum absolute atomic E-state index is 0.0989. The lowest BCUT2D eigenvalue weighted by atomic mass is 10.0. The third-order valence-corrected chi connectivity index (χ3v) is 4.72. The number of hydrogen-bond donors (Lipinski definition) is 1. The maximum Gasteiger partial charge on any atom is 0.137 e. The monoisotopic (exact) mass is 253 g/mol. The van der Waals surface area contributed by atoms with Crippen LogP contribution in [0.25, 0.3) is 0 Å². The third-order valence-electron chi connectivity index (χ3n) is 3.33. The average Bonchev–Trinajstić information content (AvgIpc) is 2.33. The summed E-state index contributed by atoms with van der Waals surface area (Å²) in [7, 11) is 0. The van der Waals surface area contributed by atoms with Gasteiger partial charge >= 0.3 is 0 Å². The van der Waals surface area contributed by atoms with Gasteiger partial charge in [-0.2, -0.15) is 0 Å². The molecular formula is C14H20FNS. The Labute approximate surface area is 107 Å². The summed E-state index contributed by atoms with van der Waals surface area (Å²) in [6, 6.07) is 5.31. The van der Waals surface area contributed by atoms with Crippen molar-refractivity contribution in [2.24, 2.45) is 5.73 Å². The molecule has 94 valence electrons. The summed E-state index contributed by atoms with van der Waals surface area (Å²) < 4.78 is 13.9. The largest absolute Gasteiger partial charge is 0.324 e. The topological polar surface area (TPSA) is 26.0 Å². The number of hydrogen-bond acceptors (Lipinski definition) is 2. The highest BCUT2D eigenvalue weighted by molar-refractivity contribution is 8.00. The maximum absolute atomic E-state index is 13.9. The summed E-state index contributed by atoms with van der Waals surface area (Å²) in [5.74, 6) is -0.115. The van der Waals surface area contributed by atoms with Crippen molar-refractivity contribution in [3.05, 3.63) is 29.6 Å². The highest BCUT2D eigenvalue weighted by Crippen LogP contribution is 2.35. The molecular weight excluding hydrogens is 233 g/mol. The predicted octanol–water partition coefficient (Wildman–Crippen LogP) is 4.27. The molecule has 0 bridgehead atoms. The Kier molecular flexibility index (Phi) is 4.46. The van der Waals surface area contributed by atoms with Gasteiger partial charge in [0.25, 0.3) is 0 Å². The predicted molar refractivity (Wildman–Crippen MR) is 71.7 cm³/mol. The third kappa shape index (κ3) is 3.46. The molecule has 0 radical (unpaired) electrons. The van der Waals surface area contributed by atoms with Gasteiger partial charge in [-0.05, 0) is 37.5 Å². The summed E-state index contributed by atoms with van der Waals surface area (Å²) in [5.41, 5.74) is 6.61. The van der Waals surface area contributed by atoms with Gasteiger partial charge in [-0.3, -0.25) is 0 Å². The standard InChI is InChI=1S/C14H20FNS/c1-10(16)11-7-8-14(13(15)9-11)17-12-5-3-2-4-6-12/h7-10,12H,2-6,16H2,1H3. The highest BCUT2D eigenvalue weighted by atomic mass is 32.2. The van der Waals surface area contributed by atoms with Crippen LogP contribution < -0.4 is 5.73 Å². The first kappa shape index (κ1) is 12.9. The van der Waals surface area contributed by atoms with E-state index in [1.165, 1.54) is 32.1 Å². The fourth-order valence-corrected chi connectivity index (χ4v) is 3.50. The quantitative estimate of drug-likeness (QED) is 0.870. The molecule has 3 heteroatoms. The van der Waals surface area contributed by atoms with Crippen LogP contribution in [-0.2, 0) is 0 Å². The van der Waals surface area contributed by atoms with Crippen LogP contribution in [0, 0.1) is 5.82 Å². The molecule has 2 rings (SSSR count). The Hall–Kier alpha value is -0.540. The van der Waals surface area contributed by atoms with Crippen molar-refractivity contribution >= 4 is 11.8 Å². The summed E-state index contributed by atoms with van der Waals surface area (Å²) in [6.07, 6.45) is 6.36. The van der Waals surface area contributed by atoms with Crippen molar-refractivity contribution in [1.29, 1.82) is 0 Å². The van der Waals surface area contributed by atoms with Gasteiger partial charge in [-0.25, -0.2) is 4.39 Å². The van der Waals surface area contributed by atoms with Crippen molar-refractivity contribution in [2.75, 3.05) is 0 Å². The van der Waals surface area contributed by atoms with Gasteiger partial charge in [0.1, 0.15) is 5.82 Å². The lowest BCUT2D eigenvalue weighted by molar-refractivity contribution is 0.514. The molecule has 1 aliphatic carbocycles. The molecule has 17 heavy (non-hydrogen) atoms. The van der Waals surface area contributed by atoms with Crippen LogP contribution >= 0.6 is 11.8 Å². The van der Waals surface area contributed by atoms with Gasteiger partial charge in [-0.1, -0.05) is 25.3 Å². The van der Waals surface area contributed by atoms with Gasteiger partial charge in [0, 0.05) is 16.2 Å². The first-order valence-corrected chi connectivity index (χ1v) is 7.26. The first-order chi connectivity index (χ1) is 8.16. The van der Waals surface area contributed by atoms with Gasteiger partial charge in [0.05, 0.1) is 0 Å². The number of nitrogens with two attached hydrogens (primary N) is 1. The van der Waals surface area contributed by atoms with Crippen molar-refractivity contribution in [2.45, 2.75) is 55.2 Å². The van der Waals surface area contributed by atoms with Crippen molar-refractivity contribution in [3.63, 3.8) is 0 Å². The Balaban J connectivity index is 2.05. The van der Waals surface area contributed by atoms with Gasteiger partial charge in [0.15, 0.2) is 0 Å². The minimum Gasteiger partial charge on any atom is -0.324 e. The fourth-order valence-electron chi connectivity index (χ4n) is 2.26. The molecule has 0 saturated heterocycles. The van der Waals surface area contributed by atoms with E-state index in [2.05, 4.69) is 0 Å². The van der Waals surface area contributed by atoms with Crippen LogP contribution in [0.15, 0.2) is 23.1 Å². The summed E-state index contributed by atoms with van der Waals surface area (Å²) in [5, 5.41) is 0.597. The van der Waals surface area contributed by atoms with E-state index >= 15 is 0 Å². The zero-order valence-corrected chi connectivity index (χ0v) is 11.1. The fraction of sp³-hybridized carbons (Fsp3) is 0.571. The second kappa shape index (κ2) is 5.87. The van der Waals surface area contributed by atoms with E-state index in [0.717, 1.165) is 10.5 Å². The summed E-state index contributed by atoms with van der Waals surface area (Å²) in [4.78, 5) is 0.779.